The summed E-state index contributed by atoms with van der Waals surface area (Å²) in [5, 5.41) is 0. The van der Waals surface area contributed by atoms with Crippen molar-refractivity contribution in [3.8, 4) is 17.2 Å². The standard InChI is InChI=1S/C30H44O5/c1-6-7-8-9-10-11-12-13-20-30(33-5)29(2,25-15-18-26(19-16-25)34-23-31-3)22-24-14-17-27(32-4)21-28(24)35-30/h14-19,21H,6-13,20,22-23H2,1-5H3. The molecule has 0 bridgehead atoms. The third-order valence-electron chi connectivity index (χ3n) is 7.46. The number of rotatable bonds is 15. The first-order valence-corrected chi connectivity index (χ1v) is 13.1. The number of hydrogen-bond donors (Lipinski definition) is 0. The molecule has 0 aliphatic carbocycles. The maximum absolute atomic E-state index is 6.78. The Kier molecular flexibility index (Phi) is 10.3. The zero-order valence-electron chi connectivity index (χ0n) is 22.4. The van der Waals surface area contributed by atoms with E-state index < -0.39 is 5.79 Å². The molecule has 5 nitrogen and oxygen atoms in total. The first kappa shape index (κ1) is 27.3. The van der Waals surface area contributed by atoms with E-state index in [1.165, 1.54) is 50.5 Å². The van der Waals surface area contributed by atoms with Gasteiger partial charge in [0, 0.05) is 26.7 Å². The smallest absolute Gasteiger partial charge is 0.220 e. The fourth-order valence-electron chi connectivity index (χ4n) is 5.26. The molecule has 1 heterocycles. The van der Waals surface area contributed by atoms with Crippen molar-refractivity contribution in [2.45, 2.75) is 89.3 Å². The largest absolute Gasteiger partial charge is 0.497 e. The Morgan fingerprint density at radius 3 is 2.11 bits per heavy atom. The lowest BCUT2D eigenvalue weighted by molar-refractivity contribution is -0.223. The van der Waals surface area contributed by atoms with Crippen LogP contribution in [-0.2, 0) is 21.3 Å². The Hall–Kier alpha value is -2.24. The average molecular weight is 485 g/mol. The Bertz CT molecular complexity index is 896. The third kappa shape index (κ3) is 6.50. The van der Waals surface area contributed by atoms with Crippen LogP contribution in [0.15, 0.2) is 42.5 Å². The van der Waals surface area contributed by atoms with Crippen LogP contribution in [0.5, 0.6) is 17.2 Å². The minimum absolute atomic E-state index is 0.232. The lowest BCUT2D eigenvalue weighted by Crippen LogP contribution is -2.59. The molecular weight excluding hydrogens is 440 g/mol. The van der Waals surface area contributed by atoms with E-state index in [4.69, 9.17) is 23.7 Å². The van der Waals surface area contributed by atoms with E-state index in [2.05, 4.69) is 32.0 Å². The monoisotopic (exact) mass is 484 g/mol. The predicted molar refractivity (Wildman–Crippen MR) is 141 cm³/mol. The van der Waals surface area contributed by atoms with Crippen LogP contribution in [0.3, 0.4) is 0 Å². The van der Waals surface area contributed by atoms with Gasteiger partial charge in [0.1, 0.15) is 17.2 Å². The van der Waals surface area contributed by atoms with Gasteiger partial charge in [0.2, 0.25) is 5.79 Å². The molecule has 3 rings (SSSR count). The summed E-state index contributed by atoms with van der Waals surface area (Å²) < 4.78 is 29.2. The molecule has 0 radical (unpaired) electrons. The number of fused-ring (bicyclic) bond motifs is 1. The van der Waals surface area contributed by atoms with Crippen molar-refractivity contribution in [2.75, 3.05) is 28.1 Å². The Morgan fingerprint density at radius 1 is 0.829 bits per heavy atom. The molecule has 2 atom stereocenters. The zero-order valence-corrected chi connectivity index (χ0v) is 22.4. The summed E-state index contributed by atoms with van der Waals surface area (Å²) in [5.41, 5.74) is 1.96. The van der Waals surface area contributed by atoms with Crippen molar-refractivity contribution in [3.05, 3.63) is 53.6 Å². The summed E-state index contributed by atoms with van der Waals surface area (Å²) in [7, 11) is 5.09. The summed E-state index contributed by atoms with van der Waals surface area (Å²) in [4.78, 5) is 0. The topological polar surface area (TPSA) is 46.2 Å². The van der Waals surface area contributed by atoms with Crippen LogP contribution in [-0.4, -0.2) is 33.9 Å². The first-order chi connectivity index (χ1) is 17.0. The molecule has 2 aromatic rings. The molecule has 1 aliphatic rings. The Balaban J connectivity index is 1.83. The lowest BCUT2D eigenvalue weighted by Gasteiger charge is -2.51. The maximum Gasteiger partial charge on any atom is 0.220 e. The molecule has 0 spiro atoms. The summed E-state index contributed by atoms with van der Waals surface area (Å²) in [6, 6.07) is 14.4. The molecule has 0 N–H and O–H groups in total. The minimum atomic E-state index is -0.774. The fraction of sp³-hybridized carbons (Fsp3) is 0.600. The van der Waals surface area contributed by atoms with Crippen molar-refractivity contribution in [2.24, 2.45) is 0 Å². The van der Waals surface area contributed by atoms with Gasteiger partial charge in [0.15, 0.2) is 6.79 Å². The highest BCUT2D eigenvalue weighted by Crippen LogP contribution is 2.50. The fourth-order valence-corrected chi connectivity index (χ4v) is 5.26. The van der Waals surface area contributed by atoms with Crippen molar-refractivity contribution in [1.29, 1.82) is 0 Å². The van der Waals surface area contributed by atoms with Crippen molar-refractivity contribution in [1.82, 2.24) is 0 Å². The van der Waals surface area contributed by atoms with Gasteiger partial charge < -0.3 is 23.7 Å². The first-order valence-electron chi connectivity index (χ1n) is 13.1. The molecule has 35 heavy (non-hydrogen) atoms. The predicted octanol–water partition coefficient (Wildman–Crippen LogP) is 7.44. The third-order valence-corrected chi connectivity index (χ3v) is 7.46. The molecule has 0 saturated heterocycles. The normalized spacial score (nSPS) is 21.3. The molecule has 0 fully saturated rings. The van der Waals surface area contributed by atoms with Gasteiger partial charge >= 0.3 is 0 Å². The highest BCUT2D eigenvalue weighted by molar-refractivity contribution is 5.47. The second kappa shape index (κ2) is 13.2. The van der Waals surface area contributed by atoms with Gasteiger partial charge in [0.05, 0.1) is 12.5 Å². The SMILES string of the molecule is CCCCCCCCCCC1(OC)Oc2cc(OC)ccc2CC1(C)c1ccc(OCOC)cc1. The molecule has 0 saturated carbocycles. The summed E-state index contributed by atoms with van der Waals surface area (Å²) >= 11 is 0. The van der Waals surface area contributed by atoms with Crippen LogP contribution in [0.25, 0.3) is 0 Å². The van der Waals surface area contributed by atoms with Crippen LogP contribution in [0.2, 0.25) is 0 Å². The molecule has 0 amide bonds. The van der Waals surface area contributed by atoms with E-state index in [0.717, 1.165) is 42.1 Å². The van der Waals surface area contributed by atoms with Gasteiger partial charge in [-0.05, 0) is 49.1 Å². The second-order valence-corrected chi connectivity index (χ2v) is 9.84. The van der Waals surface area contributed by atoms with Gasteiger partial charge in [-0.25, -0.2) is 0 Å². The van der Waals surface area contributed by atoms with Gasteiger partial charge in [-0.15, -0.1) is 0 Å². The molecule has 194 valence electrons. The zero-order chi connectivity index (χ0) is 25.2. The van der Waals surface area contributed by atoms with E-state index >= 15 is 0 Å². The van der Waals surface area contributed by atoms with Gasteiger partial charge in [-0.3, -0.25) is 0 Å². The average Bonchev–Trinajstić information content (AvgIpc) is 2.89. The molecule has 1 aliphatic heterocycles. The van der Waals surface area contributed by atoms with Crippen LogP contribution >= 0.6 is 0 Å². The highest BCUT2D eigenvalue weighted by Gasteiger charge is 2.54. The molecular formula is C30H44O5. The quantitative estimate of drug-likeness (QED) is 0.194. The van der Waals surface area contributed by atoms with Crippen molar-refractivity contribution >= 4 is 0 Å². The van der Waals surface area contributed by atoms with Crippen molar-refractivity contribution in [3.63, 3.8) is 0 Å². The summed E-state index contributed by atoms with van der Waals surface area (Å²) in [6.07, 6.45) is 11.8. The molecule has 2 unspecified atom stereocenters. The lowest BCUT2D eigenvalue weighted by atomic mass is 9.67. The van der Waals surface area contributed by atoms with Crippen LogP contribution < -0.4 is 14.2 Å². The minimum Gasteiger partial charge on any atom is -0.497 e. The van der Waals surface area contributed by atoms with Gasteiger partial charge in [0.25, 0.3) is 0 Å². The highest BCUT2D eigenvalue weighted by atomic mass is 16.7. The van der Waals surface area contributed by atoms with E-state index in [1.807, 2.05) is 24.3 Å². The van der Waals surface area contributed by atoms with Crippen LogP contribution in [0.1, 0.15) is 82.8 Å². The summed E-state index contributed by atoms with van der Waals surface area (Å²) in [5.74, 6) is 1.66. The van der Waals surface area contributed by atoms with E-state index in [1.54, 1.807) is 21.3 Å². The van der Waals surface area contributed by atoms with Gasteiger partial charge in [-0.2, -0.15) is 0 Å². The van der Waals surface area contributed by atoms with E-state index in [-0.39, 0.29) is 12.2 Å². The van der Waals surface area contributed by atoms with Crippen LogP contribution in [0.4, 0.5) is 0 Å². The van der Waals surface area contributed by atoms with Crippen LogP contribution in [0, 0.1) is 0 Å². The molecule has 5 heteroatoms. The van der Waals surface area contributed by atoms with Crippen molar-refractivity contribution < 1.29 is 23.7 Å². The number of unbranched alkanes of at least 4 members (excludes halogenated alkanes) is 7. The number of ether oxygens (including phenoxy) is 5. The van der Waals surface area contributed by atoms with E-state index in [9.17, 15) is 0 Å². The summed E-state index contributed by atoms with van der Waals surface area (Å²) in [6.45, 7) is 4.76. The second-order valence-electron chi connectivity index (χ2n) is 9.84. The van der Waals surface area contributed by atoms with Gasteiger partial charge in [-0.1, -0.05) is 70.1 Å². The number of methoxy groups -OCH3 is 3. The molecule has 2 aromatic carbocycles. The number of hydrogen-bond acceptors (Lipinski definition) is 5. The maximum atomic E-state index is 6.78. The Morgan fingerprint density at radius 2 is 1.49 bits per heavy atom. The Labute approximate surface area is 212 Å². The number of benzene rings is 2. The van der Waals surface area contributed by atoms with E-state index in [0.29, 0.717) is 0 Å². The molecule has 0 aromatic heterocycles.